The normalized spacial score (nSPS) is 15.9. The fraction of sp³-hybridized carbons (Fsp3) is 0.296. The number of hydrogen-bond donors (Lipinski definition) is 2. The van der Waals surface area contributed by atoms with Crippen LogP contribution in [0.5, 0.6) is 0 Å². The van der Waals surface area contributed by atoms with E-state index in [0.29, 0.717) is 18.8 Å². The largest absolute Gasteiger partial charge is 0.418 e. The molecule has 1 unspecified atom stereocenters. The predicted octanol–water partition coefficient (Wildman–Crippen LogP) is 5.44. The van der Waals surface area contributed by atoms with Crippen LogP contribution in [0.2, 0.25) is 0 Å². The summed E-state index contributed by atoms with van der Waals surface area (Å²) in [6.07, 6.45) is 1.51. The first kappa shape index (κ1) is 25.5. The van der Waals surface area contributed by atoms with Crippen molar-refractivity contribution in [3.05, 3.63) is 66.6 Å². The van der Waals surface area contributed by atoms with Gasteiger partial charge in [0.05, 0.1) is 23.5 Å². The molecule has 11 heteroatoms. The zero-order valence-electron chi connectivity index (χ0n) is 21.3. The Balaban J connectivity index is 1.29. The zero-order valence-corrected chi connectivity index (χ0v) is 21.3. The van der Waals surface area contributed by atoms with Crippen LogP contribution in [0.1, 0.15) is 12.0 Å². The van der Waals surface area contributed by atoms with Gasteiger partial charge in [0.25, 0.3) is 0 Å². The van der Waals surface area contributed by atoms with Crippen molar-refractivity contribution in [2.24, 2.45) is 7.05 Å². The summed E-state index contributed by atoms with van der Waals surface area (Å²) in [5.41, 5.74) is 2.62. The lowest BCUT2D eigenvalue weighted by atomic mass is 10.0. The van der Waals surface area contributed by atoms with Crippen molar-refractivity contribution in [3.63, 3.8) is 0 Å². The van der Waals surface area contributed by atoms with E-state index >= 15 is 0 Å². The van der Waals surface area contributed by atoms with Crippen molar-refractivity contribution in [2.45, 2.75) is 18.6 Å². The maximum Gasteiger partial charge on any atom is 0.418 e. The first-order valence-corrected chi connectivity index (χ1v) is 12.2. The molecule has 0 bridgehead atoms. The highest BCUT2D eigenvalue weighted by atomic mass is 19.4. The molecule has 2 aromatic carbocycles. The molecule has 1 aliphatic rings. The van der Waals surface area contributed by atoms with Gasteiger partial charge in [-0.25, -0.2) is 4.79 Å². The third-order valence-corrected chi connectivity index (χ3v) is 6.92. The van der Waals surface area contributed by atoms with Crippen LogP contribution >= 0.6 is 0 Å². The molecular weight excluding hydrogens is 495 g/mol. The topological polar surface area (TPSA) is 78.3 Å². The second kappa shape index (κ2) is 9.97. The van der Waals surface area contributed by atoms with Crippen molar-refractivity contribution in [3.8, 4) is 11.1 Å². The Labute approximate surface area is 218 Å². The summed E-state index contributed by atoms with van der Waals surface area (Å²) in [5, 5.41) is 10.4. The summed E-state index contributed by atoms with van der Waals surface area (Å²) in [6.45, 7) is 1.06. The number of rotatable bonds is 5. The summed E-state index contributed by atoms with van der Waals surface area (Å²) in [4.78, 5) is 20.6. The molecule has 1 atom stereocenters. The Morgan fingerprint density at radius 1 is 1.03 bits per heavy atom. The quantitative estimate of drug-likeness (QED) is 0.364. The summed E-state index contributed by atoms with van der Waals surface area (Å²) < 4.78 is 43.5. The van der Waals surface area contributed by atoms with Gasteiger partial charge in [0.1, 0.15) is 0 Å². The molecule has 2 aromatic heterocycles. The minimum absolute atomic E-state index is 0.0629. The zero-order chi connectivity index (χ0) is 27.0. The Morgan fingerprint density at radius 2 is 1.74 bits per heavy atom. The van der Waals surface area contributed by atoms with E-state index in [1.165, 1.54) is 12.1 Å². The van der Waals surface area contributed by atoms with E-state index in [4.69, 9.17) is 0 Å². The number of amides is 2. The van der Waals surface area contributed by atoms with Crippen molar-refractivity contribution in [1.29, 1.82) is 0 Å². The van der Waals surface area contributed by atoms with E-state index in [0.717, 1.165) is 34.5 Å². The summed E-state index contributed by atoms with van der Waals surface area (Å²) in [5.74, 6) is 0. The van der Waals surface area contributed by atoms with E-state index in [-0.39, 0.29) is 17.4 Å². The number of halogens is 3. The molecule has 5 rings (SSSR count). The van der Waals surface area contributed by atoms with Gasteiger partial charge in [-0.3, -0.25) is 9.67 Å². The molecule has 1 aliphatic heterocycles. The highest BCUT2D eigenvalue weighted by Gasteiger charge is 2.37. The Kier molecular flexibility index (Phi) is 6.70. The number of anilines is 3. The first-order chi connectivity index (χ1) is 18.1. The average Bonchev–Trinajstić information content (AvgIpc) is 3.52. The first-order valence-electron chi connectivity index (χ1n) is 12.2. The Morgan fingerprint density at radius 3 is 2.42 bits per heavy atom. The minimum atomic E-state index is -4.55. The Bertz CT molecular complexity index is 1460. The number of alkyl halides is 3. The molecule has 2 N–H and O–H groups in total. The highest BCUT2D eigenvalue weighted by Crippen LogP contribution is 2.39. The SMILES string of the molecule is CN(C)C1CCN(c2ccc(NC(=O)Nc3ccc(-c4cncc5c4cnn5C)cc3)cc2C(F)(F)F)C1. The molecule has 3 heterocycles. The number of benzene rings is 2. The lowest BCUT2D eigenvalue weighted by molar-refractivity contribution is -0.137. The number of pyridine rings is 1. The maximum absolute atomic E-state index is 13.9. The van der Waals surface area contributed by atoms with Gasteiger partial charge in [-0.05, 0) is 56.4 Å². The van der Waals surface area contributed by atoms with E-state index in [1.807, 2.05) is 38.2 Å². The fourth-order valence-corrected chi connectivity index (χ4v) is 4.81. The fourth-order valence-electron chi connectivity index (χ4n) is 4.81. The number of aromatic nitrogens is 3. The number of carbonyl (C=O) groups excluding carboxylic acids is 1. The second-order valence-corrected chi connectivity index (χ2v) is 9.63. The molecule has 2 amide bonds. The van der Waals surface area contributed by atoms with Gasteiger partial charge in [0.15, 0.2) is 0 Å². The van der Waals surface area contributed by atoms with Crippen LogP contribution in [0, 0.1) is 0 Å². The van der Waals surface area contributed by atoms with Gasteiger partial charge >= 0.3 is 12.2 Å². The predicted molar refractivity (Wildman–Crippen MR) is 142 cm³/mol. The number of carbonyl (C=O) groups is 1. The molecule has 0 aliphatic carbocycles. The summed E-state index contributed by atoms with van der Waals surface area (Å²) >= 11 is 0. The average molecular weight is 524 g/mol. The highest BCUT2D eigenvalue weighted by molar-refractivity contribution is 6.00. The van der Waals surface area contributed by atoms with E-state index in [1.54, 1.807) is 40.3 Å². The van der Waals surface area contributed by atoms with Crippen LogP contribution in [0.3, 0.4) is 0 Å². The number of urea groups is 1. The molecule has 0 radical (unpaired) electrons. The van der Waals surface area contributed by atoms with Gasteiger partial charge in [-0.2, -0.15) is 18.3 Å². The van der Waals surface area contributed by atoms with Crippen molar-refractivity contribution in [2.75, 3.05) is 42.7 Å². The van der Waals surface area contributed by atoms with Crippen LogP contribution in [0.25, 0.3) is 22.0 Å². The smallest absolute Gasteiger partial charge is 0.369 e. The van der Waals surface area contributed by atoms with Crippen LogP contribution in [0.15, 0.2) is 61.1 Å². The minimum Gasteiger partial charge on any atom is -0.369 e. The summed E-state index contributed by atoms with van der Waals surface area (Å²) in [6, 6.07) is 10.6. The van der Waals surface area contributed by atoms with E-state index < -0.39 is 17.8 Å². The molecule has 8 nitrogen and oxygen atoms in total. The molecular formula is C27H28F3N7O. The van der Waals surface area contributed by atoms with Gasteiger partial charge in [0.2, 0.25) is 0 Å². The third kappa shape index (κ3) is 5.14. The monoisotopic (exact) mass is 523 g/mol. The number of aryl methyl sites for hydroxylation is 1. The van der Waals surface area contributed by atoms with E-state index in [9.17, 15) is 18.0 Å². The van der Waals surface area contributed by atoms with Crippen molar-refractivity contribution < 1.29 is 18.0 Å². The standard InChI is InChI=1S/C27H28F3N7O/c1-35(2)20-10-11-37(16-20)24-9-8-19(12-23(24)27(28,29)30)34-26(38)33-18-6-4-17(5-7-18)21-13-31-15-25-22(21)14-32-36(25)3/h4-9,12-15,20H,10-11,16H2,1-3H3,(H2,33,34,38). The number of nitrogens with one attached hydrogen (secondary N) is 2. The molecule has 1 saturated heterocycles. The molecule has 198 valence electrons. The number of fused-ring (bicyclic) bond motifs is 1. The third-order valence-electron chi connectivity index (χ3n) is 6.92. The van der Waals surface area contributed by atoms with Gasteiger partial charge in [0, 0.05) is 60.4 Å². The molecule has 1 fully saturated rings. The molecule has 0 spiro atoms. The van der Waals surface area contributed by atoms with Gasteiger partial charge < -0.3 is 20.4 Å². The number of likely N-dealkylation sites (N-methyl/N-ethyl adjacent to an activating group) is 1. The van der Waals surface area contributed by atoms with Gasteiger partial charge in [-0.15, -0.1) is 0 Å². The van der Waals surface area contributed by atoms with E-state index in [2.05, 4.69) is 20.7 Å². The lowest BCUT2D eigenvalue weighted by Gasteiger charge is -2.25. The lowest BCUT2D eigenvalue weighted by Crippen LogP contribution is -2.32. The van der Waals surface area contributed by atoms with Crippen LogP contribution in [-0.2, 0) is 13.2 Å². The van der Waals surface area contributed by atoms with Crippen LogP contribution in [0.4, 0.5) is 35.0 Å². The van der Waals surface area contributed by atoms with Crippen LogP contribution < -0.4 is 15.5 Å². The molecule has 4 aromatic rings. The van der Waals surface area contributed by atoms with Crippen LogP contribution in [-0.4, -0.2) is 58.9 Å². The number of nitrogens with zero attached hydrogens (tertiary/aromatic N) is 5. The number of hydrogen-bond acceptors (Lipinski definition) is 5. The van der Waals surface area contributed by atoms with Crippen molar-refractivity contribution in [1.82, 2.24) is 19.7 Å². The second-order valence-electron chi connectivity index (χ2n) is 9.63. The summed E-state index contributed by atoms with van der Waals surface area (Å²) in [7, 11) is 5.70. The molecule has 0 saturated carbocycles. The maximum atomic E-state index is 13.9. The Hall–Kier alpha value is -4.12. The molecule has 38 heavy (non-hydrogen) atoms. The van der Waals surface area contributed by atoms with Gasteiger partial charge in [-0.1, -0.05) is 12.1 Å². The van der Waals surface area contributed by atoms with Crippen molar-refractivity contribution >= 4 is 34.0 Å².